The first kappa shape index (κ1) is 23.9. The molecule has 0 aliphatic carbocycles. The molecular formula is C25H24N2O5S2. The Morgan fingerprint density at radius 1 is 1.18 bits per heavy atom. The summed E-state index contributed by atoms with van der Waals surface area (Å²) in [7, 11) is 3.16. The van der Waals surface area contributed by atoms with Crippen molar-refractivity contribution in [2.75, 3.05) is 27.4 Å². The van der Waals surface area contributed by atoms with Gasteiger partial charge in [-0.05, 0) is 30.5 Å². The van der Waals surface area contributed by atoms with Gasteiger partial charge in [0.2, 0.25) is 0 Å². The largest absolute Gasteiger partial charge is 0.496 e. The molecule has 3 aromatic rings. The van der Waals surface area contributed by atoms with Crippen LogP contribution in [0.3, 0.4) is 0 Å². The highest BCUT2D eigenvalue weighted by atomic mass is 32.1. The lowest BCUT2D eigenvalue weighted by Crippen LogP contribution is -2.39. The fraction of sp³-hybridized carbons (Fsp3) is 0.240. The molecule has 0 amide bonds. The zero-order valence-electron chi connectivity index (χ0n) is 19.0. The molecule has 4 rings (SSSR count). The topological polar surface area (TPSA) is 79.1 Å². The number of rotatable bonds is 8. The molecule has 3 heterocycles. The highest BCUT2D eigenvalue weighted by Crippen LogP contribution is 2.33. The number of benzene rings is 1. The molecule has 1 atom stereocenters. The fourth-order valence-electron chi connectivity index (χ4n) is 3.65. The molecule has 0 spiro atoms. The SMILES string of the molecule is COCCOC(=O)C1=C(C)N=c2s/c(=C/C=C/c3ccccc3OC)c(=O)n2[C@@H]1c1cccs1. The molecule has 0 saturated carbocycles. The van der Waals surface area contributed by atoms with E-state index in [1.54, 1.807) is 31.8 Å². The summed E-state index contributed by atoms with van der Waals surface area (Å²) in [6.07, 6.45) is 5.47. The molecule has 1 aliphatic rings. The van der Waals surface area contributed by atoms with Gasteiger partial charge in [0, 0.05) is 17.6 Å². The van der Waals surface area contributed by atoms with Crippen molar-refractivity contribution in [1.82, 2.24) is 4.57 Å². The maximum Gasteiger partial charge on any atom is 0.338 e. The van der Waals surface area contributed by atoms with Gasteiger partial charge in [-0.25, -0.2) is 9.79 Å². The van der Waals surface area contributed by atoms with Crippen LogP contribution >= 0.6 is 22.7 Å². The minimum absolute atomic E-state index is 0.126. The number of carbonyl (C=O) groups is 1. The molecule has 176 valence electrons. The highest BCUT2D eigenvalue weighted by Gasteiger charge is 2.33. The van der Waals surface area contributed by atoms with Gasteiger partial charge in [-0.2, -0.15) is 0 Å². The van der Waals surface area contributed by atoms with Crippen molar-refractivity contribution < 1.29 is 19.0 Å². The van der Waals surface area contributed by atoms with Crippen molar-refractivity contribution in [3.8, 4) is 5.75 Å². The Bertz CT molecular complexity index is 1410. The number of carbonyl (C=O) groups excluding carboxylic acids is 1. The fourth-order valence-corrected chi connectivity index (χ4v) is 5.47. The Morgan fingerprint density at radius 3 is 2.74 bits per heavy atom. The predicted molar refractivity (Wildman–Crippen MR) is 134 cm³/mol. The Kier molecular flexibility index (Phi) is 7.56. The second kappa shape index (κ2) is 10.8. The van der Waals surface area contributed by atoms with Gasteiger partial charge in [-0.3, -0.25) is 9.36 Å². The van der Waals surface area contributed by atoms with E-state index >= 15 is 0 Å². The van der Waals surface area contributed by atoms with Crippen LogP contribution in [0.15, 0.2) is 68.9 Å². The van der Waals surface area contributed by atoms with Crippen LogP contribution in [0.25, 0.3) is 12.2 Å². The van der Waals surface area contributed by atoms with E-state index in [0.29, 0.717) is 27.2 Å². The number of hydrogen-bond acceptors (Lipinski definition) is 8. The van der Waals surface area contributed by atoms with E-state index in [1.165, 1.54) is 22.7 Å². The highest BCUT2D eigenvalue weighted by molar-refractivity contribution is 7.10. The number of fused-ring (bicyclic) bond motifs is 1. The van der Waals surface area contributed by atoms with Crippen molar-refractivity contribution in [2.24, 2.45) is 4.99 Å². The van der Waals surface area contributed by atoms with Crippen LogP contribution in [0.5, 0.6) is 5.75 Å². The van der Waals surface area contributed by atoms with Crippen LogP contribution in [-0.2, 0) is 14.3 Å². The molecule has 0 radical (unpaired) electrons. The molecule has 9 heteroatoms. The lowest BCUT2D eigenvalue weighted by atomic mass is 10.0. The average Bonchev–Trinajstić information content (AvgIpc) is 3.47. The number of nitrogens with zero attached hydrogens (tertiary/aromatic N) is 2. The average molecular weight is 497 g/mol. The molecule has 0 bridgehead atoms. The summed E-state index contributed by atoms with van der Waals surface area (Å²) in [5.41, 5.74) is 1.60. The third kappa shape index (κ3) is 4.82. The minimum atomic E-state index is -0.591. The summed E-state index contributed by atoms with van der Waals surface area (Å²) >= 11 is 2.77. The first-order valence-corrected chi connectivity index (χ1v) is 12.3. The summed E-state index contributed by atoms with van der Waals surface area (Å²) in [4.78, 5) is 32.4. The lowest BCUT2D eigenvalue weighted by Gasteiger charge is -2.23. The maximum atomic E-state index is 13.5. The smallest absolute Gasteiger partial charge is 0.338 e. The van der Waals surface area contributed by atoms with Gasteiger partial charge in [0.15, 0.2) is 4.80 Å². The standard InChI is InChI=1S/C25H24N2O5S2/c1-16-21(24(29)32-14-13-30-2)22(19-12-7-15-33-19)27-23(28)20(34-25(27)26-16)11-6-9-17-8-4-5-10-18(17)31-3/h4-12,15,22H,13-14H2,1-3H3/b9-6+,20-11+/t22-/m1/s1. The summed E-state index contributed by atoms with van der Waals surface area (Å²) in [5.74, 6) is 0.251. The van der Waals surface area contributed by atoms with Crippen LogP contribution in [0.1, 0.15) is 23.4 Å². The van der Waals surface area contributed by atoms with Gasteiger partial charge < -0.3 is 14.2 Å². The molecular weight excluding hydrogens is 472 g/mol. The van der Waals surface area contributed by atoms with E-state index in [2.05, 4.69) is 4.99 Å². The number of aromatic nitrogens is 1. The van der Waals surface area contributed by atoms with Gasteiger partial charge in [0.25, 0.3) is 5.56 Å². The molecule has 0 saturated heterocycles. The zero-order valence-corrected chi connectivity index (χ0v) is 20.7. The number of allylic oxidation sites excluding steroid dienone is 2. The third-order valence-corrected chi connectivity index (χ3v) is 7.16. The predicted octanol–water partition coefficient (Wildman–Crippen LogP) is 3.16. The van der Waals surface area contributed by atoms with E-state index in [0.717, 1.165) is 16.2 Å². The number of hydrogen-bond donors (Lipinski definition) is 0. The van der Waals surface area contributed by atoms with Gasteiger partial charge in [-0.15, -0.1) is 11.3 Å². The van der Waals surface area contributed by atoms with Crippen LogP contribution in [0.4, 0.5) is 0 Å². The lowest BCUT2D eigenvalue weighted by molar-refractivity contribution is -0.140. The maximum absolute atomic E-state index is 13.5. The number of ether oxygens (including phenoxy) is 3. The number of thiazole rings is 1. The minimum Gasteiger partial charge on any atom is -0.496 e. The molecule has 0 unspecified atom stereocenters. The van der Waals surface area contributed by atoms with E-state index in [9.17, 15) is 9.59 Å². The van der Waals surface area contributed by atoms with E-state index < -0.39 is 12.0 Å². The first-order chi connectivity index (χ1) is 16.5. The quantitative estimate of drug-likeness (QED) is 0.354. The van der Waals surface area contributed by atoms with Crippen LogP contribution in [-0.4, -0.2) is 38.0 Å². The second-order valence-corrected chi connectivity index (χ2v) is 9.34. The molecule has 7 nitrogen and oxygen atoms in total. The number of para-hydroxylation sites is 1. The second-order valence-electron chi connectivity index (χ2n) is 7.35. The van der Waals surface area contributed by atoms with E-state index in [1.807, 2.05) is 53.9 Å². The Labute approximate surface area is 204 Å². The molecule has 0 fully saturated rings. The summed E-state index contributed by atoms with van der Waals surface area (Å²) in [6, 6.07) is 10.9. The monoisotopic (exact) mass is 496 g/mol. The number of methoxy groups -OCH3 is 2. The van der Waals surface area contributed by atoms with Crippen molar-refractivity contribution >= 4 is 40.8 Å². The summed E-state index contributed by atoms with van der Waals surface area (Å²) < 4.78 is 17.9. The van der Waals surface area contributed by atoms with Crippen LogP contribution < -0.4 is 19.6 Å². The summed E-state index contributed by atoms with van der Waals surface area (Å²) in [5, 5.41) is 1.92. The van der Waals surface area contributed by atoms with Gasteiger partial charge in [-0.1, -0.05) is 47.8 Å². The number of thiophene rings is 1. The van der Waals surface area contributed by atoms with Crippen molar-refractivity contribution in [1.29, 1.82) is 0 Å². The normalized spacial score (nSPS) is 16.0. The van der Waals surface area contributed by atoms with Crippen molar-refractivity contribution in [3.63, 3.8) is 0 Å². The molecule has 2 aromatic heterocycles. The van der Waals surface area contributed by atoms with Crippen LogP contribution in [0.2, 0.25) is 0 Å². The molecule has 34 heavy (non-hydrogen) atoms. The Morgan fingerprint density at radius 2 is 2.00 bits per heavy atom. The van der Waals surface area contributed by atoms with E-state index in [4.69, 9.17) is 14.2 Å². The summed E-state index contributed by atoms with van der Waals surface area (Å²) in [6.45, 7) is 2.19. The Balaban J connectivity index is 1.76. The molecule has 0 N–H and O–H groups in total. The van der Waals surface area contributed by atoms with Gasteiger partial charge in [0.05, 0.1) is 29.5 Å². The Hall–Kier alpha value is -3.27. The van der Waals surface area contributed by atoms with Crippen molar-refractivity contribution in [2.45, 2.75) is 13.0 Å². The van der Waals surface area contributed by atoms with E-state index in [-0.39, 0.29) is 12.2 Å². The zero-order chi connectivity index (χ0) is 24.1. The third-order valence-electron chi connectivity index (χ3n) is 5.24. The van der Waals surface area contributed by atoms with Gasteiger partial charge in [0.1, 0.15) is 18.4 Å². The first-order valence-electron chi connectivity index (χ1n) is 10.6. The van der Waals surface area contributed by atoms with Gasteiger partial charge >= 0.3 is 5.97 Å². The van der Waals surface area contributed by atoms with Crippen LogP contribution in [0, 0.1) is 0 Å². The number of esters is 1. The molecule has 1 aliphatic heterocycles. The molecule has 1 aromatic carbocycles. The van der Waals surface area contributed by atoms with Crippen molar-refractivity contribution in [3.05, 3.63) is 89.3 Å².